The first kappa shape index (κ1) is 37.2. The maximum absolute atomic E-state index is 13.9. The zero-order valence-corrected chi connectivity index (χ0v) is 31.6. The van der Waals surface area contributed by atoms with Crippen molar-refractivity contribution in [1.82, 2.24) is 0 Å². The third kappa shape index (κ3) is 8.96. The van der Waals surface area contributed by atoms with Crippen LogP contribution >= 0.6 is 0 Å². The van der Waals surface area contributed by atoms with Gasteiger partial charge in [-0.05, 0) is 55.7 Å². The highest BCUT2D eigenvalue weighted by molar-refractivity contribution is 6.75. The van der Waals surface area contributed by atoms with E-state index in [0.717, 1.165) is 5.56 Å². The molecule has 2 heterocycles. The summed E-state index contributed by atoms with van der Waals surface area (Å²) < 4.78 is 39.1. The summed E-state index contributed by atoms with van der Waals surface area (Å²) in [4.78, 5) is 13.9. The molecule has 0 saturated carbocycles. The predicted molar refractivity (Wildman–Crippen MR) is 187 cm³/mol. The SMILES string of the molecule is C=C[C@@H](OCc1ccccc1)[C@H]1OC(C)(C)O[C@@H]1[C@@H](C=C)c1oc(CO[Si](C)(C)C(C)(C)C)cc(=O)c1O[Si](C)(C)C(C)(C)C. The second-order valence-corrected chi connectivity index (χ2v) is 25.0. The second kappa shape index (κ2) is 13.8. The molecule has 1 aliphatic rings. The minimum absolute atomic E-state index is 0.00155. The molecule has 1 fully saturated rings. The van der Waals surface area contributed by atoms with Gasteiger partial charge in [-0.3, -0.25) is 4.79 Å². The van der Waals surface area contributed by atoms with Gasteiger partial charge in [0.25, 0.3) is 8.32 Å². The van der Waals surface area contributed by atoms with Gasteiger partial charge in [0.1, 0.15) is 24.1 Å². The highest BCUT2D eigenvalue weighted by Crippen LogP contribution is 2.44. The summed E-state index contributed by atoms with van der Waals surface area (Å²) >= 11 is 0. The van der Waals surface area contributed by atoms with Crippen LogP contribution in [0.4, 0.5) is 0 Å². The van der Waals surface area contributed by atoms with Crippen LogP contribution in [-0.4, -0.2) is 40.7 Å². The highest BCUT2D eigenvalue weighted by atomic mass is 28.4. The van der Waals surface area contributed by atoms with Gasteiger partial charge in [-0.15, -0.1) is 13.2 Å². The summed E-state index contributed by atoms with van der Waals surface area (Å²) in [7, 11) is -4.58. The topological polar surface area (TPSA) is 76.4 Å². The van der Waals surface area contributed by atoms with E-state index in [2.05, 4.69) is 80.9 Å². The molecule has 9 heteroatoms. The maximum Gasteiger partial charge on any atom is 0.250 e. The molecule has 3 rings (SSSR count). The van der Waals surface area contributed by atoms with Crippen LogP contribution in [0.3, 0.4) is 0 Å². The van der Waals surface area contributed by atoms with Crippen molar-refractivity contribution in [1.29, 1.82) is 0 Å². The van der Waals surface area contributed by atoms with Crippen molar-refractivity contribution in [3.63, 3.8) is 0 Å². The van der Waals surface area contributed by atoms with Crippen LogP contribution in [0, 0.1) is 0 Å². The van der Waals surface area contributed by atoms with E-state index >= 15 is 0 Å². The van der Waals surface area contributed by atoms with Gasteiger partial charge in [0.05, 0.1) is 19.1 Å². The molecule has 0 amide bonds. The van der Waals surface area contributed by atoms with E-state index in [0.29, 0.717) is 18.1 Å². The zero-order valence-electron chi connectivity index (χ0n) is 29.6. The molecule has 0 bridgehead atoms. The normalized spacial score (nSPS) is 20.4. The first-order valence-electron chi connectivity index (χ1n) is 15.9. The Bertz CT molecular complexity index is 1370. The number of hydrogen-bond acceptors (Lipinski definition) is 7. The number of hydrogen-bond donors (Lipinski definition) is 0. The summed E-state index contributed by atoms with van der Waals surface area (Å²) in [6.07, 6.45) is 1.79. The van der Waals surface area contributed by atoms with Crippen molar-refractivity contribution in [3.8, 4) is 5.75 Å². The minimum Gasteiger partial charge on any atom is -0.539 e. The average Bonchev–Trinajstić information content (AvgIpc) is 3.24. The van der Waals surface area contributed by atoms with E-state index in [4.69, 9.17) is 27.5 Å². The standard InChI is InChI=1S/C36H56O7Si2/c1-15-27(31-33(42-36(9,10)41-31)29(16-2)38-23-25-20-18-17-19-21-25)30-32(43-45(13,14)35(6,7)8)28(37)22-26(40-30)24-39-44(11,12)34(3,4)5/h15-22,27,29,31,33H,1-2,23-24H2,3-14H3/t27-,29+,31+,33+/m0/s1. The Kier molecular flexibility index (Phi) is 11.4. The lowest BCUT2D eigenvalue weighted by Gasteiger charge is -2.37. The van der Waals surface area contributed by atoms with Gasteiger partial charge in [0.2, 0.25) is 5.43 Å². The van der Waals surface area contributed by atoms with Crippen LogP contribution in [0.1, 0.15) is 78.4 Å². The first-order chi connectivity index (χ1) is 20.6. The van der Waals surface area contributed by atoms with Gasteiger partial charge in [0.15, 0.2) is 25.6 Å². The highest BCUT2D eigenvalue weighted by Gasteiger charge is 2.50. The quantitative estimate of drug-likeness (QED) is 0.157. The molecule has 1 aliphatic heterocycles. The van der Waals surface area contributed by atoms with E-state index in [1.54, 1.807) is 12.2 Å². The van der Waals surface area contributed by atoms with E-state index in [1.807, 2.05) is 44.2 Å². The average molecular weight is 657 g/mol. The van der Waals surface area contributed by atoms with Gasteiger partial charge in [-0.2, -0.15) is 0 Å². The van der Waals surface area contributed by atoms with Crippen LogP contribution in [0.25, 0.3) is 0 Å². The molecule has 0 aliphatic carbocycles. The number of ether oxygens (including phenoxy) is 3. The number of rotatable bonds is 13. The summed E-state index contributed by atoms with van der Waals surface area (Å²) in [6.45, 7) is 34.0. The maximum atomic E-state index is 13.9. The first-order valence-corrected chi connectivity index (χ1v) is 21.7. The molecular formula is C36H56O7Si2. The van der Waals surface area contributed by atoms with Crippen molar-refractivity contribution in [3.05, 3.63) is 89.0 Å². The summed E-state index contributed by atoms with van der Waals surface area (Å²) in [5.74, 6) is -0.546. The fourth-order valence-corrected chi connectivity index (χ4v) is 6.57. The van der Waals surface area contributed by atoms with E-state index in [9.17, 15) is 4.79 Å². The molecular weight excluding hydrogens is 601 g/mol. The van der Waals surface area contributed by atoms with Crippen LogP contribution in [0.15, 0.2) is 70.9 Å². The third-order valence-corrected chi connectivity index (χ3v) is 18.2. The van der Waals surface area contributed by atoms with Gasteiger partial charge >= 0.3 is 0 Å². The Morgan fingerprint density at radius 3 is 2.00 bits per heavy atom. The molecule has 250 valence electrons. The van der Waals surface area contributed by atoms with Crippen LogP contribution in [0.2, 0.25) is 36.3 Å². The summed E-state index contributed by atoms with van der Waals surface area (Å²) in [5, 5.41) is -0.153. The van der Waals surface area contributed by atoms with Gasteiger partial charge in [-0.1, -0.05) is 84.0 Å². The Labute approximate surface area is 273 Å². The molecule has 7 nitrogen and oxygen atoms in total. The lowest BCUT2D eigenvalue weighted by atomic mass is 9.91. The summed E-state index contributed by atoms with van der Waals surface area (Å²) in [5.41, 5.74) is 0.780. The van der Waals surface area contributed by atoms with Gasteiger partial charge < -0.3 is 27.5 Å². The zero-order chi connectivity index (χ0) is 34.0. The van der Waals surface area contributed by atoms with Crippen molar-refractivity contribution >= 4 is 16.6 Å². The van der Waals surface area contributed by atoms with Crippen molar-refractivity contribution in [2.24, 2.45) is 0 Å². The predicted octanol–water partition coefficient (Wildman–Crippen LogP) is 9.11. The molecule has 2 aromatic rings. The van der Waals surface area contributed by atoms with E-state index in [-0.39, 0.29) is 27.9 Å². The molecule has 1 saturated heterocycles. The molecule has 1 aromatic heterocycles. The van der Waals surface area contributed by atoms with Crippen LogP contribution in [-0.2, 0) is 31.9 Å². The molecule has 4 atom stereocenters. The minimum atomic E-state index is -2.45. The summed E-state index contributed by atoms with van der Waals surface area (Å²) in [6, 6.07) is 11.4. The third-order valence-electron chi connectivity index (χ3n) is 9.44. The molecule has 0 spiro atoms. The van der Waals surface area contributed by atoms with Gasteiger partial charge in [-0.25, -0.2) is 0 Å². The monoisotopic (exact) mass is 656 g/mol. The van der Waals surface area contributed by atoms with Crippen molar-refractivity contribution in [2.75, 3.05) is 0 Å². The number of benzene rings is 1. The second-order valence-electron chi connectivity index (χ2n) is 15.5. The fourth-order valence-electron chi connectivity index (χ4n) is 4.62. The Morgan fingerprint density at radius 1 is 0.889 bits per heavy atom. The van der Waals surface area contributed by atoms with Crippen molar-refractivity contribution < 1.29 is 27.5 Å². The smallest absolute Gasteiger partial charge is 0.250 e. The molecule has 45 heavy (non-hydrogen) atoms. The van der Waals surface area contributed by atoms with E-state index < -0.39 is 46.7 Å². The van der Waals surface area contributed by atoms with E-state index in [1.165, 1.54) is 6.07 Å². The Hall–Kier alpha value is -2.28. The Morgan fingerprint density at radius 2 is 1.47 bits per heavy atom. The molecule has 0 unspecified atom stereocenters. The van der Waals surface area contributed by atoms with Gasteiger partial charge in [0, 0.05) is 6.07 Å². The van der Waals surface area contributed by atoms with Crippen LogP contribution in [0.5, 0.6) is 5.75 Å². The molecule has 0 radical (unpaired) electrons. The fraction of sp³-hybridized carbons (Fsp3) is 0.583. The lowest BCUT2D eigenvalue weighted by molar-refractivity contribution is -0.157. The van der Waals surface area contributed by atoms with Crippen LogP contribution < -0.4 is 9.85 Å². The molecule has 1 aromatic carbocycles. The Balaban J connectivity index is 2.10. The largest absolute Gasteiger partial charge is 0.539 e. The molecule has 0 N–H and O–H groups in total. The lowest BCUT2D eigenvalue weighted by Crippen LogP contribution is -2.45. The van der Waals surface area contributed by atoms with Crippen molar-refractivity contribution in [2.45, 2.75) is 135 Å².